The fourth-order valence-electron chi connectivity index (χ4n) is 1.24. The molecule has 0 aromatic rings. The van der Waals surface area contributed by atoms with Crippen molar-refractivity contribution in [3.63, 3.8) is 0 Å². The van der Waals surface area contributed by atoms with Crippen molar-refractivity contribution in [2.24, 2.45) is 0 Å². The van der Waals surface area contributed by atoms with E-state index < -0.39 is 0 Å². The lowest BCUT2D eigenvalue weighted by atomic mass is 10.3. The Labute approximate surface area is 88.8 Å². The molecule has 3 heteroatoms. The highest BCUT2D eigenvalue weighted by atomic mass is 16.5. The maximum absolute atomic E-state index is 5.28. The van der Waals surface area contributed by atoms with Gasteiger partial charge in [-0.1, -0.05) is 13.8 Å². The first kappa shape index (κ1) is 13.9. The summed E-state index contributed by atoms with van der Waals surface area (Å²) in [5, 5.41) is 3.41. The molecule has 0 saturated carbocycles. The number of nitrogens with one attached hydrogen (secondary N) is 1. The quantitative estimate of drug-likeness (QED) is 0.571. The van der Waals surface area contributed by atoms with E-state index in [2.05, 4.69) is 31.1 Å². The van der Waals surface area contributed by atoms with Crippen LogP contribution >= 0.6 is 0 Å². The molecule has 0 aliphatic heterocycles. The predicted octanol–water partition coefficient (Wildman–Crippen LogP) is 1.34. The fraction of sp³-hybridized carbons (Fsp3) is 1.00. The predicted molar refractivity (Wildman–Crippen MR) is 61.7 cm³/mol. The van der Waals surface area contributed by atoms with Crippen LogP contribution in [0.4, 0.5) is 0 Å². The van der Waals surface area contributed by atoms with Gasteiger partial charge in [-0.25, -0.2) is 0 Å². The summed E-state index contributed by atoms with van der Waals surface area (Å²) in [7, 11) is 2.16. The minimum Gasteiger partial charge on any atom is -0.382 e. The summed E-state index contributed by atoms with van der Waals surface area (Å²) in [5.41, 5.74) is 0. The third-order valence-electron chi connectivity index (χ3n) is 2.08. The van der Waals surface area contributed by atoms with Gasteiger partial charge in [-0.05, 0) is 20.4 Å². The van der Waals surface area contributed by atoms with Gasteiger partial charge in [-0.2, -0.15) is 0 Å². The van der Waals surface area contributed by atoms with Crippen molar-refractivity contribution in [1.82, 2.24) is 10.2 Å². The Morgan fingerprint density at radius 3 is 2.57 bits per heavy atom. The van der Waals surface area contributed by atoms with Crippen molar-refractivity contribution in [2.45, 2.75) is 33.2 Å². The number of hydrogen-bond acceptors (Lipinski definition) is 3. The van der Waals surface area contributed by atoms with Gasteiger partial charge in [0.05, 0.1) is 0 Å². The number of likely N-dealkylation sites (N-methyl/N-ethyl adjacent to an activating group) is 1. The Kier molecular flexibility index (Phi) is 9.35. The molecule has 0 rings (SSSR count). The average Bonchev–Trinajstić information content (AvgIpc) is 2.12. The molecule has 14 heavy (non-hydrogen) atoms. The summed E-state index contributed by atoms with van der Waals surface area (Å²) >= 11 is 0. The first-order valence-corrected chi connectivity index (χ1v) is 5.66. The maximum atomic E-state index is 5.28. The van der Waals surface area contributed by atoms with Gasteiger partial charge in [0, 0.05) is 38.9 Å². The van der Waals surface area contributed by atoms with Crippen molar-refractivity contribution in [3.05, 3.63) is 0 Å². The molecule has 0 aromatic carbocycles. The van der Waals surface area contributed by atoms with E-state index in [0.29, 0.717) is 6.04 Å². The van der Waals surface area contributed by atoms with E-state index in [1.54, 1.807) is 0 Å². The Morgan fingerprint density at radius 1 is 1.29 bits per heavy atom. The van der Waals surface area contributed by atoms with Gasteiger partial charge < -0.3 is 15.0 Å². The first-order chi connectivity index (χ1) is 6.66. The highest BCUT2D eigenvalue weighted by molar-refractivity contribution is 4.57. The fourth-order valence-corrected chi connectivity index (χ4v) is 1.24. The lowest BCUT2D eigenvalue weighted by Gasteiger charge is -2.17. The van der Waals surface area contributed by atoms with Crippen LogP contribution < -0.4 is 5.32 Å². The van der Waals surface area contributed by atoms with Crippen LogP contribution in [-0.2, 0) is 4.74 Å². The monoisotopic (exact) mass is 202 g/mol. The second kappa shape index (κ2) is 9.44. The highest BCUT2D eigenvalue weighted by Crippen LogP contribution is 1.88. The third-order valence-corrected chi connectivity index (χ3v) is 2.08. The molecule has 1 N–H and O–H groups in total. The molecule has 0 aliphatic carbocycles. The van der Waals surface area contributed by atoms with E-state index in [-0.39, 0.29) is 0 Å². The third kappa shape index (κ3) is 9.96. The van der Waals surface area contributed by atoms with Crippen LogP contribution in [0.3, 0.4) is 0 Å². The van der Waals surface area contributed by atoms with E-state index in [1.165, 1.54) is 0 Å². The zero-order valence-electron chi connectivity index (χ0n) is 10.2. The molecule has 0 radical (unpaired) electrons. The molecule has 0 unspecified atom stereocenters. The zero-order chi connectivity index (χ0) is 10.8. The minimum atomic E-state index is 0.590. The molecular weight excluding hydrogens is 176 g/mol. The molecule has 86 valence electrons. The molecule has 0 aliphatic rings. The first-order valence-electron chi connectivity index (χ1n) is 5.66. The van der Waals surface area contributed by atoms with E-state index in [1.807, 2.05) is 6.92 Å². The summed E-state index contributed by atoms with van der Waals surface area (Å²) in [6, 6.07) is 0.590. The van der Waals surface area contributed by atoms with Gasteiger partial charge in [-0.3, -0.25) is 0 Å². The van der Waals surface area contributed by atoms with E-state index in [4.69, 9.17) is 4.74 Å². The molecule has 0 aromatic heterocycles. The van der Waals surface area contributed by atoms with Crippen molar-refractivity contribution in [2.75, 3.05) is 39.9 Å². The summed E-state index contributed by atoms with van der Waals surface area (Å²) in [6.45, 7) is 11.4. The van der Waals surface area contributed by atoms with Crippen LogP contribution in [0, 0.1) is 0 Å². The van der Waals surface area contributed by atoms with E-state index >= 15 is 0 Å². The smallest absolute Gasteiger partial charge is 0.0478 e. The molecule has 0 bridgehead atoms. The van der Waals surface area contributed by atoms with Crippen LogP contribution in [0.25, 0.3) is 0 Å². The number of ether oxygens (including phenoxy) is 1. The molecule has 0 saturated heterocycles. The van der Waals surface area contributed by atoms with E-state index in [0.717, 1.165) is 39.3 Å². The lowest BCUT2D eigenvalue weighted by molar-refractivity contribution is 0.135. The second-order valence-corrected chi connectivity index (χ2v) is 3.96. The zero-order valence-corrected chi connectivity index (χ0v) is 10.2. The Morgan fingerprint density at radius 2 is 2.00 bits per heavy atom. The largest absolute Gasteiger partial charge is 0.382 e. The summed E-state index contributed by atoms with van der Waals surface area (Å²) < 4.78 is 5.28. The molecule has 0 heterocycles. The van der Waals surface area contributed by atoms with Crippen molar-refractivity contribution < 1.29 is 4.74 Å². The number of hydrogen-bond donors (Lipinski definition) is 1. The Balaban J connectivity index is 3.15. The van der Waals surface area contributed by atoms with Gasteiger partial charge in [0.25, 0.3) is 0 Å². The van der Waals surface area contributed by atoms with Gasteiger partial charge >= 0.3 is 0 Å². The molecule has 0 atom stereocenters. The second-order valence-electron chi connectivity index (χ2n) is 3.96. The lowest BCUT2D eigenvalue weighted by Crippen LogP contribution is -2.33. The van der Waals surface area contributed by atoms with Crippen molar-refractivity contribution in [1.29, 1.82) is 0 Å². The average molecular weight is 202 g/mol. The normalized spacial score (nSPS) is 11.6. The summed E-state index contributed by atoms with van der Waals surface area (Å²) in [5.74, 6) is 0. The van der Waals surface area contributed by atoms with Crippen LogP contribution in [0.15, 0.2) is 0 Å². The standard InChI is InChI=1S/C11H26N2O/c1-5-14-10-6-8-13(4)9-7-12-11(2)3/h11-12H,5-10H2,1-4H3. The summed E-state index contributed by atoms with van der Waals surface area (Å²) in [4.78, 5) is 2.34. The van der Waals surface area contributed by atoms with Crippen LogP contribution in [0.1, 0.15) is 27.2 Å². The van der Waals surface area contributed by atoms with Gasteiger partial charge in [0.2, 0.25) is 0 Å². The molecular formula is C11H26N2O. The van der Waals surface area contributed by atoms with Gasteiger partial charge in [-0.15, -0.1) is 0 Å². The van der Waals surface area contributed by atoms with Crippen LogP contribution in [0.2, 0.25) is 0 Å². The number of nitrogens with zero attached hydrogens (tertiary/aromatic N) is 1. The molecule has 3 nitrogen and oxygen atoms in total. The number of rotatable bonds is 9. The summed E-state index contributed by atoms with van der Waals surface area (Å²) in [6.07, 6.45) is 1.13. The van der Waals surface area contributed by atoms with Crippen LogP contribution in [0.5, 0.6) is 0 Å². The molecule has 0 spiro atoms. The van der Waals surface area contributed by atoms with Crippen molar-refractivity contribution >= 4 is 0 Å². The molecule has 0 amide bonds. The topological polar surface area (TPSA) is 24.5 Å². The Bertz CT molecular complexity index is 118. The van der Waals surface area contributed by atoms with Gasteiger partial charge in [0.1, 0.15) is 0 Å². The van der Waals surface area contributed by atoms with Crippen LogP contribution in [-0.4, -0.2) is 50.8 Å². The van der Waals surface area contributed by atoms with Gasteiger partial charge in [0.15, 0.2) is 0 Å². The molecule has 0 fully saturated rings. The Hall–Kier alpha value is -0.120. The van der Waals surface area contributed by atoms with E-state index in [9.17, 15) is 0 Å². The minimum absolute atomic E-state index is 0.590. The highest BCUT2D eigenvalue weighted by Gasteiger charge is 1.98. The SMILES string of the molecule is CCOCCCN(C)CCNC(C)C. The maximum Gasteiger partial charge on any atom is 0.0478 e. The van der Waals surface area contributed by atoms with Crippen molar-refractivity contribution in [3.8, 4) is 0 Å².